The molecule has 0 aliphatic carbocycles. The summed E-state index contributed by atoms with van der Waals surface area (Å²) in [5.74, 6) is -71.5. The summed E-state index contributed by atoms with van der Waals surface area (Å²) in [5.41, 5.74) is 0. The van der Waals surface area contributed by atoms with Crippen LogP contribution in [0.5, 0.6) is 23.5 Å². The van der Waals surface area contributed by atoms with Gasteiger partial charge in [-0.05, 0) is 0 Å². The fraction of sp³-hybridized carbons (Fsp3) is 0.667. The minimum absolute atomic E-state index is 0.0941. The summed E-state index contributed by atoms with van der Waals surface area (Å²) in [5, 5.41) is 0. The first-order chi connectivity index (χ1) is 25.6. The lowest BCUT2D eigenvalue weighted by atomic mass is 9.99. The molecule has 0 atom stereocenters. The quantitative estimate of drug-likeness (QED) is 0.129. The SMILES string of the molecule is FC(F)(F)C(F)(F)C(F)(F)C(F)(F)COc1cnc(OCC(F)(F)C(F)(F)C(F)(F)C(F)(F)COc2ncc(OCC(F)(F)C(F)(F)C(F)(F)C(F)(F)F)cn2)nc1. The molecule has 0 saturated heterocycles. The fourth-order valence-electron chi connectivity index (χ4n) is 3.20. The molecule has 2 aromatic heterocycles. The molecule has 58 heavy (non-hydrogen) atoms. The first kappa shape index (κ1) is 49.7. The average Bonchev–Trinajstić information content (AvgIpc) is 3.07. The van der Waals surface area contributed by atoms with Crippen LogP contribution in [0.4, 0.5) is 114 Å². The van der Waals surface area contributed by atoms with Gasteiger partial charge in [0.25, 0.3) is 0 Å². The van der Waals surface area contributed by atoms with Crippen LogP contribution in [0, 0.1) is 0 Å². The third-order valence-corrected chi connectivity index (χ3v) is 6.55. The molecule has 0 bridgehead atoms. The third-order valence-electron chi connectivity index (χ3n) is 6.55. The molecule has 0 aliphatic heterocycles. The van der Waals surface area contributed by atoms with E-state index in [4.69, 9.17) is 0 Å². The van der Waals surface area contributed by atoms with Gasteiger partial charge in [-0.3, -0.25) is 0 Å². The summed E-state index contributed by atoms with van der Waals surface area (Å²) < 4.78 is 360. The predicted molar refractivity (Wildman–Crippen MR) is 128 cm³/mol. The summed E-state index contributed by atoms with van der Waals surface area (Å²) in [6, 6.07) is -3.33. The molecule has 0 saturated carbocycles. The third kappa shape index (κ3) is 9.06. The van der Waals surface area contributed by atoms with Crippen molar-refractivity contribution in [1.82, 2.24) is 19.9 Å². The predicted octanol–water partition coefficient (Wildman–Crippen LogP) is 8.96. The van der Waals surface area contributed by atoms with E-state index < -0.39 is 122 Å². The van der Waals surface area contributed by atoms with Crippen LogP contribution in [0.25, 0.3) is 0 Å². The van der Waals surface area contributed by atoms with Gasteiger partial charge >= 0.3 is 83.6 Å². The number of ether oxygens (including phenoxy) is 4. The van der Waals surface area contributed by atoms with E-state index in [0.717, 1.165) is 0 Å². The number of rotatable bonds is 19. The summed E-state index contributed by atoms with van der Waals surface area (Å²) >= 11 is 0. The second kappa shape index (κ2) is 15.3. The zero-order chi connectivity index (χ0) is 45.6. The van der Waals surface area contributed by atoms with Crippen LogP contribution >= 0.6 is 0 Å². The Labute approximate surface area is 300 Å². The van der Waals surface area contributed by atoms with Gasteiger partial charge in [0, 0.05) is 0 Å². The molecule has 0 spiro atoms. The molecule has 0 amide bonds. The summed E-state index contributed by atoms with van der Waals surface area (Å²) in [4.78, 5) is 10.9. The number of halogens is 26. The molecule has 334 valence electrons. The van der Waals surface area contributed by atoms with Crippen molar-refractivity contribution in [2.45, 2.75) is 71.6 Å². The lowest BCUT2D eigenvalue weighted by molar-refractivity contribution is -0.398. The van der Waals surface area contributed by atoms with Crippen LogP contribution in [-0.4, -0.2) is 118 Å². The second-order valence-electron chi connectivity index (χ2n) is 10.8. The van der Waals surface area contributed by atoms with E-state index in [1.54, 1.807) is 0 Å². The fourth-order valence-corrected chi connectivity index (χ4v) is 3.20. The molecular formula is C24H12F26N4O4. The van der Waals surface area contributed by atoms with Crippen LogP contribution in [0.15, 0.2) is 24.8 Å². The first-order valence-electron chi connectivity index (χ1n) is 13.6. The molecular weight excluding hydrogens is 902 g/mol. The van der Waals surface area contributed by atoms with Gasteiger partial charge in [-0.2, -0.15) is 134 Å². The molecule has 0 aromatic carbocycles. The summed E-state index contributed by atoms with van der Waals surface area (Å²) in [6.45, 7) is -12.1. The molecule has 2 rings (SSSR count). The normalized spacial score (nSPS) is 15.0. The van der Waals surface area contributed by atoms with Gasteiger partial charge < -0.3 is 18.9 Å². The molecule has 0 N–H and O–H groups in total. The van der Waals surface area contributed by atoms with Crippen LogP contribution in [0.2, 0.25) is 0 Å². The van der Waals surface area contributed by atoms with Crippen LogP contribution < -0.4 is 18.9 Å². The van der Waals surface area contributed by atoms with E-state index >= 15 is 0 Å². The van der Waals surface area contributed by atoms with E-state index in [1.807, 2.05) is 0 Å². The molecule has 8 nitrogen and oxygen atoms in total. The molecule has 34 heteroatoms. The second-order valence-corrected chi connectivity index (χ2v) is 10.8. The number of nitrogens with zero attached hydrogens (tertiary/aromatic N) is 4. The van der Waals surface area contributed by atoms with E-state index in [-0.39, 0.29) is 24.8 Å². The standard InChI is InChI=1S/C24H12F26N4O4/c25-13(26,19(37,38)21(41,42)23(45,46)47)5-55-9-1-51-11(52-2-9)57-7-15(29,30)17(33,34)18(35,36)16(31,32)8-58-12-53-3-10(4-54-12)56-6-14(27,28)20(39,40)22(43,44)24(48,49)50/h1-4H,5-8H2. The highest BCUT2D eigenvalue weighted by molar-refractivity contribution is 5.16. The maximum absolute atomic E-state index is 14.2. The average molecular weight is 914 g/mol. The van der Waals surface area contributed by atoms with Gasteiger partial charge in [0.15, 0.2) is 37.9 Å². The Bertz CT molecular complexity index is 1560. The number of hydrogen-bond acceptors (Lipinski definition) is 8. The highest BCUT2D eigenvalue weighted by Gasteiger charge is 2.84. The highest BCUT2D eigenvalue weighted by atomic mass is 19.4. The highest BCUT2D eigenvalue weighted by Crippen LogP contribution is 2.55. The van der Waals surface area contributed by atoms with E-state index in [1.165, 1.54) is 0 Å². The molecule has 0 unspecified atom stereocenters. The Morgan fingerprint density at radius 1 is 0.293 bits per heavy atom. The van der Waals surface area contributed by atoms with Crippen molar-refractivity contribution in [2.75, 3.05) is 26.4 Å². The molecule has 0 fully saturated rings. The largest absolute Gasteiger partial charge is 0.484 e. The van der Waals surface area contributed by atoms with E-state index in [2.05, 4.69) is 38.9 Å². The van der Waals surface area contributed by atoms with Gasteiger partial charge in [0.1, 0.15) is 0 Å². The van der Waals surface area contributed by atoms with Crippen molar-refractivity contribution in [1.29, 1.82) is 0 Å². The van der Waals surface area contributed by atoms with Crippen molar-refractivity contribution >= 4 is 0 Å². The molecule has 2 heterocycles. The minimum Gasteiger partial charge on any atom is -0.484 e. The first-order valence-corrected chi connectivity index (χ1v) is 13.6. The van der Waals surface area contributed by atoms with Gasteiger partial charge in [-0.1, -0.05) is 0 Å². The van der Waals surface area contributed by atoms with Crippen LogP contribution in [0.1, 0.15) is 0 Å². The molecule has 0 radical (unpaired) electrons. The maximum atomic E-state index is 14.2. The van der Waals surface area contributed by atoms with Crippen molar-refractivity contribution in [2.24, 2.45) is 0 Å². The minimum atomic E-state index is -7.33. The van der Waals surface area contributed by atoms with Gasteiger partial charge in [0.2, 0.25) is 0 Å². The Morgan fingerprint density at radius 2 is 0.483 bits per heavy atom. The van der Waals surface area contributed by atoms with E-state index in [0.29, 0.717) is 0 Å². The zero-order valence-electron chi connectivity index (χ0n) is 26.4. The number of alkyl halides is 26. The Hall–Kier alpha value is -4.46. The van der Waals surface area contributed by atoms with Crippen molar-refractivity contribution < 1.29 is 133 Å². The summed E-state index contributed by atoms with van der Waals surface area (Å²) in [7, 11) is 0. The number of aromatic nitrogens is 4. The Kier molecular flexibility index (Phi) is 13.1. The monoisotopic (exact) mass is 914 g/mol. The van der Waals surface area contributed by atoms with Crippen molar-refractivity contribution in [3.05, 3.63) is 24.8 Å². The van der Waals surface area contributed by atoms with E-state index in [9.17, 15) is 114 Å². The lowest BCUT2D eigenvalue weighted by Gasteiger charge is -2.36. The van der Waals surface area contributed by atoms with Crippen LogP contribution in [-0.2, 0) is 0 Å². The van der Waals surface area contributed by atoms with Crippen molar-refractivity contribution in [3.63, 3.8) is 0 Å². The maximum Gasteiger partial charge on any atom is 0.460 e. The Morgan fingerprint density at radius 3 is 0.690 bits per heavy atom. The summed E-state index contributed by atoms with van der Waals surface area (Å²) in [6.07, 6.45) is -14.8. The van der Waals surface area contributed by atoms with Gasteiger partial charge in [-0.15, -0.1) is 0 Å². The van der Waals surface area contributed by atoms with Crippen molar-refractivity contribution in [3.8, 4) is 23.5 Å². The lowest BCUT2D eigenvalue weighted by Crippen LogP contribution is -2.65. The van der Waals surface area contributed by atoms with Crippen LogP contribution in [0.3, 0.4) is 0 Å². The Balaban J connectivity index is 2.07. The topological polar surface area (TPSA) is 88.5 Å². The van der Waals surface area contributed by atoms with Gasteiger partial charge in [-0.25, -0.2) is 0 Å². The zero-order valence-corrected chi connectivity index (χ0v) is 26.4. The molecule has 0 aliphatic rings. The van der Waals surface area contributed by atoms with Gasteiger partial charge in [0.05, 0.1) is 24.8 Å². The number of hydrogen-bond donors (Lipinski definition) is 0. The molecule has 2 aromatic rings. The smallest absolute Gasteiger partial charge is 0.460 e.